The molecule has 23 heavy (non-hydrogen) atoms. The van der Waals surface area contributed by atoms with Crippen molar-refractivity contribution in [3.8, 4) is 0 Å². The molecule has 1 aromatic heterocycles. The lowest BCUT2D eigenvalue weighted by atomic mass is 9.99. The molecule has 6 heteroatoms. The van der Waals surface area contributed by atoms with Crippen molar-refractivity contribution < 1.29 is 0 Å². The summed E-state index contributed by atoms with van der Waals surface area (Å²) >= 11 is 0. The van der Waals surface area contributed by atoms with Crippen LogP contribution in [0.1, 0.15) is 33.1 Å². The maximum atomic E-state index is 4.67. The molecule has 1 aliphatic rings. The third-order valence-electron chi connectivity index (χ3n) is 4.32. The van der Waals surface area contributed by atoms with Gasteiger partial charge in [-0.2, -0.15) is 5.10 Å². The van der Waals surface area contributed by atoms with E-state index >= 15 is 0 Å². The summed E-state index contributed by atoms with van der Waals surface area (Å²) in [6, 6.07) is 1.95. The van der Waals surface area contributed by atoms with Crippen LogP contribution in [0.15, 0.2) is 23.5 Å². The van der Waals surface area contributed by atoms with Gasteiger partial charge in [-0.3, -0.25) is 9.67 Å². The van der Waals surface area contributed by atoms with Gasteiger partial charge in [0.15, 0.2) is 5.96 Å². The highest BCUT2D eigenvalue weighted by Crippen LogP contribution is 2.15. The van der Waals surface area contributed by atoms with Crippen molar-refractivity contribution in [2.75, 3.05) is 39.3 Å². The number of piperidine rings is 1. The minimum Gasteiger partial charge on any atom is -0.357 e. The van der Waals surface area contributed by atoms with Crippen molar-refractivity contribution in [1.82, 2.24) is 25.3 Å². The lowest BCUT2D eigenvalue weighted by Crippen LogP contribution is -2.39. The molecule has 0 atom stereocenters. The number of rotatable bonds is 8. The van der Waals surface area contributed by atoms with Crippen LogP contribution in [0.4, 0.5) is 0 Å². The van der Waals surface area contributed by atoms with E-state index in [1.165, 1.54) is 32.5 Å². The summed E-state index contributed by atoms with van der Waals surface area (Å²) in [6.45, 7) is 11.6. The topological polar surface area (TPSA) is 57.5 Å². The van der Waals surface area contributed by atoms with Gasteiger partial charge in [-0.15, -0.1) is 0 Å². The van der Waals surface area contributed by atoms with Crippen LogP contribution in [0.25, 0.3) is 0 Å². The Bertz CT molecular complexity index is 434. The fourth-order valence-electron chi connectivity index (χ4n) is 2.83. The molecule has 0 aromatic carbocycles. The maximum Gasteiger partial charge on any atom is 0.191 e. The molecule has 1 aliphatic heterocycles. The molecule has 2 heterocycles. The summed E-state index contributed by atoms with van der Waals surface area (Å²) in [7, 11) is 0. The third-order valence-corrected chi connectivity index (χ3v) is 4.32. The van der Waals surface area contributed by atoms with Gasteiger partial charge < -0.3 is 15.5 Å². The van der Waals surface area contributed by atoms with Crippen LogP contribution in [0.2, 0.25) is 0 Å². The first-order valence-corrected chi connectivity index (χ1v) is 9.00. The van der Waals surface area contributed by atoms with Crippen LogP contribution < -0.4 is 10.6 Å². The Morgan fingerprint density at radius 2 is 2.09 bits per heavy atom. The molecule has 1 saturated heterocycles. The van der Waals surface area contributed by atoms with Gasteiger partial charge in [-0.25, -0.2) is 0 Å². The Morgan fingerprint density at radius 1 is 1.26 bits per heavy atom. The largest absolute Gasteiger partial charge is 0.357 e. The Labute approximate surface area is 140 Å². The first kappa shape index (κ1) is 17.8. The number of hydrogen-bond donors (Lipinski definition) is 2. The summed E-state index contributed by atoms with van der Waals surface area (Å²) in [5.41, 5.74) is 0. The van der Waals surface area contributed by atoms with Crippen LogP contribution in [0.5, 0.6) is 0 Å². The first-order chi connectivity index (χ1) is 11.3. The molecule has 0 saturated carbocycles. The predicted molar refractivity (Wildman–Crippen MR) is 95.7 cm³/mol. The van der Waals surface area contributed by atoms with Gasteiger partial charge in [0, 0.05) is 32.0 Å². The Morgan fingerprint density at radius 3 is 2.78 bits per heavy atom. The highest BCUT2D eigenvalue weighted by molar-refractivity contribution is 5.79. The number of aromatic nitrogens is 2. The normalized spacial score (nSPS) is 17.4. The fraction of sp³-hybridized carbons (Fsp3) is 0.765. The van der Waals surface area contributed by atoms with E-state index in [-0.39, 0.29) is 0 Å². The average Bonchev–Trinajstić information content (AvgIpc) is 3.06. The van der Waals surface area contributed by atoms with E-state index in [2.05, 4.69) is 39.5 Å². The standard InChI is InChI=1S/C17H32N6/c1-3-18-17(20-10-15-23-12-5-9-21-23)19-8-4-11-22-13-6-16(2)7-14-22/h5,9,12,16H,3-4,6-8,10-11,13-15H2,1-2H3,(H2,18,19,20). The van der Waals surface area contributed by atoms with Crippen molar-refractivity contribution in [2.24, 2.45) is 10.9 Å². The van der Waals surface area contributed by atoms with E-state index < -0.39 is 0 Å². The molecule has 0 bridgehead atoms. The molecule has 0 unspecified atom stereocenters. The van der Waals surface area contributed by atoms with Gasteiger partial charge >= 0.3 is 0 Å². The minimum atomic E-state index is 0.831. The molecule has 1 fully saturated rings. The third kappa shape index (κ3) is 7.03. The quantitative estimate of drug-likeness (QED) is 0.434. The second-order valence-corrected chi connectivity index (χ2v) is 6.33. The number of guanidine groups is 1. The zero-order valence-corrected chi connectivity index (χ0v) is 14.7. The Kier molecular flexibility index (Phi) is 7.93. The molecule has 0 amide bonds. The Balaban J connectivity index is 1.62. The van der Waals surface area contributed by atoms with Gasteiger partial charge in [0.1, 0.15) is 0 Å². The molecule has 0 radical (unpaired) electrons. The van der Waals surface area contributed by atoms with E-state index in [9.17, 15) is 0 Å². The summed E-state index contributed by atoms with van der Waals surface area (Å²) in [5.74, 6) is 1.82. The van der Waals surface area contributed by atoms with E-state index in [1.54, 1.807) is 6.20 Å². The molecule has 2 N–H and O–H groups in total. The molecular formula is C17H32N6. The van der Waals surface area contributed by atoms with Crippen molar-refractivity contribution in [3.05, 3.63) is 18.5 Å². The van der Waals surface area contributed by atoms with Gasteiger partial charge in [0.2, 0.25) is 0 Å². The second-order valence-electron chi connectivity index (χ2n) is 6.33. The molecule has 0 aliphatic carbocycles. The van der Waals surface area contributed by atoms with Crippen LogP contribution in [-0.4, -0.2) is 59.9 Å². The lowest BCUT2D eigenvalue weighted by Gasteiger charge is -2.29. The van der Waals surface area contributed by atoms with Crippen molar-refractivity contribution in [3.63, 3.8) is 0 Å². The van der Waals surface area contributed by atoms with Gasteiger partial charge in [-0.1, -0.05) is 6.92 Å². The van der Waals surface area contributed by atoms with Gasteiger partial charge in [0.05, 0.1) is 6.54 Å². The highest BCUT2D eigenvalue weighted by atomic mass is 15.3. The fourth-order valence-corrected chi connectivity index (χ4v) is 2.83. The number of likely N-dealkylation sites (tertiary alicyclic amines) is 1. The van der Waals surface area contributed by atoms with Crippen LogP contribution in [-0.2, 0) is 6.54 Å². The smallest absolute Gasteiger partial charge is 0.191 e. The monoisotopic (exact) mass is 320 g/mol. The molecular weight excluding hydrogens is 288 g/mol. The predicted octanol–water partition coefficient (Wildman–Crippen LogP) is 1.56. The molecule has 6 nitrogen and oxygen atoms in total. The summed E-state index contributed by atoms with van der Waals surface area (Å²) in [5, 5.41) is 10.9. The average molecular weight is 320 g/mol. The number of hydrogen-bond acceptors (Lipinski definition) is 3. The summed E-state index contributed by atoms with van der Waals surface area (Å²) in [4.78, 5) is 7.25. The molecule has 1 aromatic rings. The zero-order chi connectivity index (χ0) is 16.3. The first-order valence-electron chi connectivity index (χ1n) is 9.00. The van der Waals surface area contributed by atoms with E-state index in [0.29, 0.717) is 0 Å². The van der Waals surface area contributed by atoms with Crippen molar-refractivity contribution in [1.29, 1.82) is 0 Å². The SMILES string of the molecule is CCNC(=NCCCN1CCC(C)CC1)NCCn1cccn1. The van der Waals surface area contributed by atoms with E-state index in [1.807, 2.05) is 16.9 Å². The van der Waals surface area contributed by atoms with Crippen LogP contribution in [0.3, 0.4) is 0 Å². The van der Waals surface area contributed by atoms with Crippen molar-refractivity contribution >= 4 is 5.96 Å². The number of nitrogens with zero attached hydrogens (tertiary/aromatic N) is 4. The van der Waals surface area contributed by atoms with E-state index in [0.717, 1.165) is 44.5 Å². The van der Waals surface area contributed by atoms with Gasteiger partial charge in [-0.05, 0) is 57.8 Å². The summed E-state index contributed by atoms with van der Waals surface area (Å²) in [6.07, 6.45) is 7.61. The highest BCUT2D eigenvalue weighted by Gasteiger charge is 2.14. The van der Waals surface area contributed by atoms with Crippen LogP contribution in [0, 0.1) is 5.92 Å². The lowest BCUT2D eigenvalue weighted by molar-refractivity contribution is 0.192. The molecule has 130 valence electrons. The number of aliphatic imine (C=N–C) groups is 1. The molecule has 2 rings (SSSR count). The molecule has 0 spiro atoms. The zero-order valence-electron chi connectivity index (χ0n) is 14.7. The van der Waals surface area contributed by atoms with Crippen LogP contribution >= 0.6 is 0 Å². The second kappa shape index (κ2) is 10.3. The van der Waals surface area contributed by atoms with Gasteiger partial charge in [0.25, 0.3) is 0 Å². The summed E-state index contributed by atoms with van der Waals surface area (Å²) < 4.78 is 1.92. The van der Waals surface area contributed by atoms with Crippen molar-refractivity contribution in [2.45, 2.75) is 39.7 Å². The maximum absolute atomic E-state index is 4.67. The Hall–Kier alpha value is -1.56. The van der Waals surface area contributed by atoms with E-state index in [4.69, 9.17) is 0 Å². The number of nitrogens with one attached hydrogen (secondary N) is 2. The minimum absolute atomic E-state index is 0.831.